The van der Waals surface area contributed by atoms with Gasteiger partial charge in [-0.1, -0.05) is 27.2 Å². The lowest BCUT2D eigenvalue weighted by Gasteiger charge is -2.17. The van der Waals surface area contributed by atoms with Crippen molar-refractivity contribution in [2.24, 2.45) is 5.92 Å². The molecule has 0 saturated carbocycles. The van der Waals surface area contributed by atoms with E-state index in [9.17, 15) is 0 Å². The third-order valence-electron chi connectivity index (χ3n) is 2.64. The molecule has 2 nitrogen and oxygen atoms in total. The first kappa shape index (κ1) is 13.7. The average Bonchev–Trinajstić information content (AvgIpc) is 2.61. The van der Waals surface area contributed by atoms with Crippen molar-refractivity contribution in [2.75, 3.05) is 6.54 Å². The molecule has 1 rings (SSSR count). The molecule has 16 heavy (non-hydrogen) atoms. The lowest BCUT2D eigenvalue weighted by molar-refractivity contribution is 0.418. The fourth-order valence-corrected chi connectivity index (χ4v) is 2.72. The van der Waals surface area contributed by atoms with Crippen LogP contribution in [-0.4, -0.2) is 17.6 Å². The molecule has 1 aromatic heterocycles. The fourth-order valence-electron chi connectivity index (χ4n) is 1.83. The number of hydrogen-bond acceptors (Lipinski definition) is 3. The van der Waals surface area contributed by atoms with E-state index in [1.165, 1.54) is 17.8 Å². The zero-order valence-corrected chi connectivity index (χ0v) is 11.7. The van der Waals surface area contributed by atoms with Gasteiger partial charge in [0.25, 0.3) is 0 Å². The van der Waals surface area contributed by atoms with Crippen LogP contribution < -0.4 is 5.32 Å². The van der Waals surface area contributed by atoms with Gasteiger partial charge in [-0.15, -0.1) is 11.3 Å². The topological polar surface area (TPSA) is 24.9 Å². The molecule has 0 aliphatic heterocycles. The maximum Gasteiger partial charge on any atom is 0.0931 e. The second-order valence-electron chi connectivity index (χ2n) is 4.80. The van der Waals surface area contributed by atoms with Gasteiger partial charge in [-0.25, -0.2) is 4.98 Å². The largest absolute Gasteiger partial charge is 0.314 e. The smallest absolute Gasteiger partial charge is 0.0931 e. The molecule has 0 fully saturated rings. The summed E-state index contributed by atoms with van der Waals surface area (Å²) in [4.78, 5) is 4.55. The predicted molar refractivity (Wildman–Crippen MR) is 72.1 cm³/mol. The number of rotatable bonds is 7. The maximum absolute atomic E-state index is 4.55. The quantitative estimate of drug-likeness (QED) is 0.790. The number of aryl methyl sites for hydroxylation is 1. The van der Waals surface area contributed by atoms with Gasteiger partial charge in [0.1, 0.15) is 0 Å². The lowest BCUT2D eigenvalue weighted by Crippen LogP contribution is -2.29. The molecule has 92 valence electrons. The van der Waals surface area contributed by atoms with Crippen LogP contribution >= 0.6 is 11.3 Å². The summed E-state index contributed by atoms with van der Waals surface area (Å²) >= 11 is 1.80. The Morgan fingerprint density at radius 1 is 1.44 bits per heavy atom. The van der Waals surface area contributed by atoms with E-state index >= 15 is 0 Å². The van der Waals surface area contributed by atoms with Crippen molar-refractivity contribution in [3.05, 3.63) is 16.1 Å². The highest BCUT2D eigenvalue weighted by atomic mass is 32.1. The van der Waals surface area contributed by atoms with E-state index in [0.717, 1.165) is 24.6 Å². The number of nitrogens with one attached hydrogen (secondary N) is 1. The van der Waals surface area contributed by atoms with Crippen molar-refractivity contribution in [1.82, 2.24) is 10.3 Å². The van der Waals surface area contributed by atoms with Gasteiger partial charge in [-0.05, 0) is 25.8 Å². The van der Waals surface area contributed by atoms with Gasteiger partial charge < -0.3 is 5.32 Å². The average molecular weight is 240 g/mol. The summed E-state index contributed by atoms with van der Waals surface area (Å²) < 4.78 is 0. The monoisotopic (exact) mass is 240 g/mol. The second kappa shape index (κ2) is 7.02. The Bertz CT molecular complexity index is 294. The van der Waals surface area contributed by atoms with Gasteiger partial charge >= 0.3 is 0 Å². The van der Waals surface area contributed by atoms with Gasteiger partial charge in [0.05, 0.1) is 5.01 Å². The van der Waals surface area contributed by atoms with Crippen LogP contribution in [0.4, 0.5) is 0 Å². The van der Waals surface area contributed by atoms with Crippen LogP contribution in [0.5, 0.6) is 0 Å². The van der Waals surface area contributed by atoms with Crippen LogP contribution in [0.1, 0.15) is 44.3 Å². The summed E-state index contributed by atoms with van der Waals surface area (Å²) in [6.07, 6.45) is 3.68. The Kier molecular flexibility index (Phi) is 5.99. The number of thiazole rings is 1. The maximum atomic E-state index is 4.55. The molecule has 3 heteroatoms. The van der Waals surface area contributed by atoms with Crippen LogP contribution in [-0.2, 0) is 6.42 Å². The van der Waals surface area contributed by atoms with Crippen molar-refractivity contribution in [3.63, 3.8) is 0 Å². The minimum absolute atomic E-state index is 0.581. The molecule has 0 amide bonds. The number of aromatic nitrogens is 1. The Morgan fingerprint density at radius 2 is 2.19 bits per heavy atom. The summed E-state index contributed by atoms with van der Waals surface area (Å²) in [5, 5.41) is 6.97. The normalized spacial score (nSPS) is 13.3. The van der Waals surface area contributed by atoms with Crippen molar-refractivity contribution in [3.8, 4) is 0 Å². The van der Waals surface area contributed by atoms with E-state index in [-0.39, 0.29) is 0 Å². The fraction of sp³-hybridized carbons (Fsp3) is 0.769. The Hall–Kier alpha value is -0.410. The van der Waals surface area contributed by atoms with Crippen LogP contribution in [0, 0.1) is 12.8 Å². The zero-order valence-electron chi connectivity index (χ0n) is 10.9. The Labute approximate surface area is 103 Å². The highest BCUT2D eigenvalue weighted by Gasteiger charge is 2.11. The minimum Gasteiger partial charge on any atom is -0.314 e. The SMILES string of the molecule is CCCC(CNC(C)C)Cc1nc(C)cs1. The third kappa shape index (κ3) is 5.08. The molecular formula is C13H24N2S. The van der Waals surface area contributed by atoms with E-state index in [0.29, 0.717) is 6.04 Å². The van der Waals surface area contributed by atoms with Crippen molar-refractivity contribution in [1.29, 1.82) is 0 Å². The van der Waals surface area contributed by atoms with E-state index < -0.39 is 0 Å². The standard InChI is InChI=1S/C13H24N2S/c1-5-6-12(8-14-10(2)3)7-13-15-11(4)9-16-13/h9-10,12,14H,5-8H2,1-4H3. The summed E-state index contributed by atoms with van der Waals surface area (Å²) in [5.74, 6) is 0.734. The molecule has 1 N–H and O–H groups in total. The zero-order chi connectivity index (χ0) is 12.0. The molecule has 0 radical (unpaired) electrons. The third-order valence-corrected chi connectivity index (χ3v) is 3.63. The van der Waals surface area contributed by atoms with Gasteiger partial charge in [0.15, 0.2) is 0 Å². The first-order valence-corrected chi connectivity index (χ1v) is 7.14. The Morgan fingerprint density at radius 3 is 2.69 bits per heavy atom. The summed E-state index contributed by atoms with van der Waals surface area (Å²) in [5.41, 5.74) is 1.16. The Balaban J connectivity index is 2.43. The van der Waals surface area contributed by atoms with Crippen LogP contribution in [0.15, 0.2) is 5.38 Å². The van der Waals surface area contributed by atoms with Crippen LogP contribution in [0.2, 0.25) is 0 Å². The van der Waals surface area contributed by atoms with E-state index in [2.05, 4.69) is 43.4 Å². The summed E-state index contributed by atoms with van der Waals surface area (Å²) in [6.45, 7) is 9.86. The minimum atomic E-state index is 0.581. The first-order chi connectivity index (χ1) is 7.61. The molecule has 0 aliphatic carbocycles. The summed E-state index contributed by atoms with van der Waals surface area (Å²) in [6, 6.07) is 0.581. The van der Waals surface area contributed by atoms with Crippen molar-refractivity contribution < 1.29 is 0 Å². The molecule has 0 saturated heterocycles. The molecular weight excluding hydrogens is 216 g/mol. The second-order valence-corrected chi connectivity index (χ2v) is 5.75. The van der Waals surface area contributed by atoms with E-state index in [1.807, 2.05) is 0 Å². The number of hydrogen-bond donors (Lipinski definition) is 1. The predicted octanol–water partition coefficient (Wildman–Crippen LogP) is 3.41. The molecule has 0 spiro atoms. The number of nitrogens with zero attached hydrogens (tertiary/aromatic N) is 1. The van der Waals surface area contributed by atoms with Gasteiger partial charge in [-0.2, -0.15) is 0 Å². The highest BCUT2D eigenvalue weighted by Crippen LogP contribution is 2.17. The molecule has 1 heterocycles. The van der Waals surface area contributed by atoms with Gasteiger partial charge in [0.2, 0.25) is 0 Å². The molecule has 0 aromatic carbocycles. The molecule has 1 aromatic rings. The van der Waals surface area contributed by atoms with E-state index in [1.54, 1.807) is 11.3 Å². The van der Waals surface area contributed by atoms with Crippen LogP contribution in [0.25, 0.3) is 0 Å². The van der Waals surface area contributed by atoms with E-state index in [4.69, 9.17) is 0 Å². The van der Waals surface area contributed by atoms with Gasteiger partial charge in [0, 0.05) is 23.5 Å². The summed E-state index contributed by atoms with van der Waals surface area (Å²) in [7, 11) is 0. The molecule has 0 bridgehead atoms. The van der Waals surface area contributed by atoms with Crippen molar-refractivity contribution >= 4 is 11.3 Å². The lowest BCUT2D eigenvalue weighted by atomic mass is 10.00. The van der Waals surface area contributed by atoms with Crippen molar-refractivity contribution in [2.45, 2.75) is 53.0 Å². The first-order valence-electron chi connectivity index (χ1n) is 6.26. The molecule has 1 unspecified atom stereocenters. The molecule has 0 aliphatic rings. The molecule has 1 atom stereocenters. The van der Waals surface area contributed by atoms with Gasteiger partial charge in [-0.3, -0.25) is 0 Å². The van der Waals surface area contributed by atoms with Crippen LogP contribution in [0.3, 0.4) is 0 Å². The highest BCUT2D eigenvalue weighted by molar-refractivity contribution is 7.09.